The Labute approximate surface area is 207 Å². The second kappa shape index (κ2) is 11.0. The van der Waals surface area contributed by atoms with Crippen molar-refractivity contribution in [2.45, 2.75) is 47.1 Å². The van der Waals surface area contributed by atoms with E-state index in [4.69, 9.17) is 11.6 Å². The molecule has 0 spiro atoms. The maximum atomic E-state index is 13.2. The number of carbonyl (C=O) groups excluding carboxylic acids is 3. The number of nitrogens with zero attached hydrogens (tertiary/aromatic N) is 3. The first-order chi connectivity index (χ1) is 16.0. The first-order valence-corrected chi connectivity index (χ1v) is 12.0. The molecule has 0 bridgehead atoms. The van der Waals surface area contributed by atoms with Crippen LogP contribution in [0.3, 0.4) is 0 Å². The molecule has 3 rings (SSSR count). The summed E-state index contributed by atoms with van der Waals surface area (Å²) in [7, 11) is 0. The Morgan fingerprint density at radius 2 is 1.71 bits per heavy atom. The summed E-state index contributed by atoms with van der Waals surface area (Å²) in [5, 5.41) is 0.582. The molecular formula is C27H34ClN3O3. The maximum absolute atomic E-state index is 13.2. The van der Waals surface area contributed by atoms with Gasteiger partial charge in [0.25, 0.3) is 0 Å². The van der Waals surface area contributed by atoms with Crippen molar-refractivity contribution >= 4 is 35.0 Å². The standard InChI is InChI=1S/C27H34ClN3O3/c1-20(15-27(2,3)4)14-24(32)29(16-21-8-6-5-7-9-21)17-25(33)30-18-26(34)31(19-30)23-12-10-22(28)11-13-23/h5-13,20H,14-19H2,1-4H3. The molecule has 2 aromatic rings. The van der Waals surface area contributed by atoms with Crippen LogP contribution in [0, 0.1) is 11.3 Å². The van der Waals surface area contributed by atoms with Gasteiger partial charge in [0.05, 0.1) is 0 Å². The minimum Gasteiger partial charge on any atom is -0.329 e. The van der Waals surface area contributed by atoms with Gasteiger partial charge >= 0.3 is 0 Å². The molecule has 1 aliphatic heterocycles. The van der Waals surface area contributed by atoms with E-state index in [0.29, 0.717) is 23.7 Å². The van der Waals surface area contributed by atoms with Gasteiger partial charge in [0.1, 0.15) is 19.8 Å². The lowest BCUT2D eigenvalue weighted by Crippen LogP contribution is -2.42. The number of hydrogen-bond donors (Lipinski definition) is 0. The molecule has 1 saturated heterocycles. The Balaban J connectivity index is 1.69. The van der Waals surface area contributed by atoms with Gasteiger partial charge in [0.15, 0.2) is 0 Å². The summed E-state index contributed by atoms with van der Waals surface area (Å²) in [6, 6.07) is 16.6. The molecular weight excluding hydrogens is 450 g/mol. The third kappa shape index (κ3) is 7.32. The van der Waals surface area contributed by atoms with Crippen LogP contribution in [0.25, 0.3) is 0 Å². The van der Waals surface area contributed by atoms with Crippen molar-refractivity contribution in [1.82, 2.24) is 9.80 Å². The number of hydrogen-bond acceptors (Lipinski definition) is 3. The predicted molar refractivity (Wildman–Crippen MR) is 135 cm³/mol. The van der Waals surface area contributed by atoms with Crippen LogP contribution < -0.4 is 4.90 Å². The van der Waals surface area contributed by atoms with Gasteiger partial charge in [-0.25, -0.2) is 0 Å². The van der Waals surface area contributed by atoms with Gasteiger partial charge in [-0.05, 0) is 47.6 Å². The molecule has 182 valence electrons. The Morgan fingerprint density at radius 1 is 1.06 bits per heavy atom. The summed E-state index contributed by atoms with van der Waals surface area (Å²) in [6.07, 6.45) is 1.30. The van der Waals surface area contributed by atoms with Gasteiger partial charge in [-0.1, -0.05) is 69.6 Å². The molecule has 0 aliphatic carbocycles. The molecule has 7 heteroatoms. The Kier molecular flexibility index (Phi) is 8.37. The summed E-state index contributed by atoms with van der Waals surface area (Å²) in [4.78, 5) is 43.7. The van der Waals surface area contributed by atoms with Crippen molar-refractivity contribution in [2.75, 3.05) is 24.7 Å². The molecule has 3 amide bonds. The fourth-order valence-electron chi connectivity index (χ4n) is 4.41. The lowest BCUT2D eigenvalue weighted by atomic mass is 9.84. The molecule has 34 heavy (non-hydrogen) atoms. The average Bonchev–Trinajstić information content (AvgIpc) is 3.15. The zero-order valence-corrected chi connectivity index (χ0v) is 21.2. The third-order valence-electron chi connectivity index (χ3n) is 5.81. The highest BCUT2D eigenvalue weighted by Gasteiger charge is 2.33. The number of halogens is 1. The van der Waals surface area contributed by atoms with Crippen molar-refractivity contribution < 1.29 is 14.4 Å². The third-order valence-corrected chi connectivity index (χ3v) is 6.06. The normalized spacial score (nSPS) is 14.9. The number of amides is 3. The van der Waals surface area contributed by atoms with Crippen LogP contribution in [0.5, 0.6) is 0 Å². The number of rotatable bonds is 8. The lowest BCUT2D eigenvalue weighted by Gasteiger charge is -2.28. The summed E-state index contributed by atoms with van der Waals surface area (Å²) in [5.41, 5.74) is 1.78. The molecule has 0 aromatic heterocycles. The van der Waals surface area contributed by atoms with Crippen molar-refractivity contribution in [3.05, 3.63) is 65.2 Å². The SMILES string of the molecule is CC(CC(=O)N(CC(=O)N1CC(=O)N(c2ccc(Cl)cc2)C1)Cc1ccccc1)CC(C)(C)C. The van der Waals surface area contributed by atoms with E-state index in [1.165, 1.54) is 4.90 Å². The fourth-order valence-corrected chi connectivity index (χ4v) is 4.53. The molecule has 6 nitrogen and oxygen atoms in total. The molecule has 1 fully saturated rings. The second-order valence-electron chi connectivity index (χ2n) is 10.3. The zero-order valence-electron chi connectivity index (χ0n) is 20.5. The van der Waals surface area contributed by atoms with Crippen LogP contribution in [-0.4, -0.2) is 47.3 Å². The van der Waals surface area contributed by atoms with Gasteiger partial charge in [-0.15, -0.1) is 0 Å². The van der Waals surface area contributed by atoms with E-state index in [0.717, 1.165) is 12.0 Å². The number of anilines is 1. The van der Waals surface area contributed by atoms with Gasteiger partial charge < -0.3 is 9.80 Å². The van der Waals surface area contributed by atoms with Gasteiger partial charge in [-0.3, -0.25) is 19.3 Å². The summed E-state index contributed by atoms with van der Waals surface area (Å²) >= 11 is 5.95. The average molecular weight is 484 g/mol. The Hall–Kier alpha value is -2.86. The van der Waals surface area contributed by atoms with E-state index in [2.05, 4.69) is 27.7 Å². The molecule has 2 aromatic carbocycles. The molecule has 0 N–H and O–H groups in total. The first-order valence-electron chi connectivity index (χ1n) is 11.7. The van der Waals surface area contributed by atoms with Crippen molar-refractivity contribution in [3.63, 3.8) is 0 Å². The van der Waals surface area contributed by atoms with Crippen molar-refractivity contribution in [1.29, 1.82) is 0 Å². The smallest absolute Gasteiger partial charge is 0.248 e. The second-order valence-corrected chi connectivity index (χ2v) is 10.8. The van der Waals surface area contributed by atoms with Crippen molar-refractivity contribution in [2.24, 2.45) is 11.3 Å². The summed E-state index contributed by atoms with van der Waals surface area (Å²) < 4.78 is 0. The number of carbonyl (C=O) groups is 3. The minimum atomic E-state index is -0.238. The molecule has 1 heterocycles. The van der Waals surface area contributed by atoms with Crippen LogP contribution in [0.2, 0.25) is 5.02 Å². The van der Waals surface area contributed by atoms with E-state index in [1.807, 2.05) is 30.3 Å². The largest absolute Gasteiger partial charge is 0.329 e. The predicted octanol–water partition coefficient (Wildman–Crippen LogP) is 4.96. The zero-order chi connectivity index (χ0) is 24.9. The van der Waals surface area contributed by atoms with E-state index in [-0.39, 0.29) is 48.8 Å². The summed E-state index contributed by atoms with van der Waals surface area (Å²) in [6.45, 7) is 9.02. The molecule has 1 aliphatic rings. The summed E-state index contributed by atoms with van der Waals surface area (Å²) in [5.74, 6) is -0.239. The molecule has 1 unspecified atom stereocenters. The monoisotopic (exact) mass is 483 g/mol. The van der Waals surface area contributed by atoms with Crippen LogP contribution in [0.1, 0.15) is 46.1 Å². The minimum absolute atomic E-state index is 0.00471. The van der Waals surface area contributed by atoms with Gasteiger partial charge in [-0.2, -0.15) is 0 Å². The van der Waals surface area contributed by atoms with Gasteiger partial charge in [0.2, 0.25) is 17.7 Å². The van der Waals surface area contributed by atoms with Crippen LogP contribution in [0.4, 0.5) is 5.69 Å². The van der Waals surface area contributed by atoms with E-state index in [9.17, 15) is 14.4 Å². The van der Waals surface area contributed by atoms with E-state index >= 15 is 0 Å². The Bertz CT molecular complexity index is 1000. The van der Waals surface area contributed by atoms with E-state index in [1.54, 1.807) is 34.1 Å². The maximum Gasteiger partial charge on any atom is 0.248 e. The highest BCUT2D eigenvalue weighted by Crippen LogP contribution is 2.27. The van der Waals surface area contributed by atoms with E-state index < -0.39 is 0 Å². The molecule has 0 radical (unpaired) electrons. The van der Waals surface area contributed by atoms with Gasteiger partial charge in [0, 0.05) is 23.7 Å². The Morgan fingerprint density at radius 3 is 2.32 bits per heavy atom. The molecule has 1 atom stereocenters. The molecule has 0 saturated carbocycles. The van der Waals surface area contributed by atoms with Crippen LogP contribution in [-0.2, 0) is 20.9 Å². The number of benzene rings is 2. The van der Waals surface area contributed by atoms with Crippen LogP contribution in [0.15, 0.2) is 54.6 Å². The van der Waals surface area contributed by atoms with Crippen LogP contribution >= 0.6 is 11.6 Å². The topological polar surface area (TPSA) is 60.9 Å². The quantitative estimate of drug-likeness (QED) is 0.533. The highest BCUT2D eigenvalue weighted by molar-refractivity contribution is 6.30. The van der Waals surface area contributed by atoms with Crippen molar-refractivity contribution in [3.8, 4) is 0 Å². The lowest BCUT2D eigenvalue weighted by molar-refractivity contribution is -0.141. The highest BCUT2D eigenvalue weighted by atomic mass is 35.5. The first kappa shape index (κ1) is 25.8. The fraction of sp³-hybridized carbons (Fsp3) is 0.444.